The Hall–Kier alpha value is -2.10. The summed E-state index contributed by atoms with van der Waals surface area (Å²) in [7, 11) is 3.59. The lowest BCUT2D eigenvalue weighted by molar-refractivity contribution is 0.0789. The van der Waals surface area contributed by atoms with Crippen LogP contribution >= 0.6 is 11.3 Å². The molecule has 1 amide bonds. The van der Waals surface area contributed by atoms with Gasteiger partial charge in [-0.2, -0.15) is 5.10 Å². The Morgan fingerprint density at radius 1 is 1.60 bits per heavy atom. The van der Waals surface area contributed by atoms with Crippen molar-refractivity contribution in [2.75, 3.05) is 13.7 Å². The van der Waals surface area contributed by atoms with E-state index < -0.39 is 0 Å². The van der Waals surface area contributed by atoms with Crippen LogP contribution in [0.5, 0.6) is 0 Å². The van der Waals surface area contributed by atoms with Gasteiger partial charge < -0.3 is 10.0 Å². The number of rotatable bonds is 3. The third kappa shape index (κ3) is 3.26. The molecular formula is C14H15N3O2S. The van der Waals surface area contributed by atoms with Crippen molar-refractivity contribution in [3.8, 4) is 11.8 Å². The summed E-state index contributed by atoms with van der Waals surface area (Å²) in [5.41, 5.74) is 1.63. The maximum atomic E-state index is 12.4. The van der Waals surface area contributed by atoms with Gasteiger partial charge in [-0.1, -0.05) is 11.8 Å². The first-order valence-electron chi connectivity index (χ1n) is 6.02. The second kappa shape index (κ2) is 6.37. The molecule has 2 aromatic heterocycles. The summed E-state index contributed by atoms with van der Waals surface area (Å²) >= 11 is 1.36. The summed E-state index contributed by atoms with van der Waals surface area (Å²) in [4.78, 5) is 14.6. The van der Waals surface area contributed by atoms with E-state index in [1.54, 1.807) is 28.9 Å². The molecule has 20 heavy (non-hydrogen) atoms. The zero-order valence-electron chi connectivity index (χ0n) is 11.3. The topological polar surface area (TPSA) is 58.4 Å². The summed E-state index contributed by atoms with van der Waals surface area (Å²) in [6, 6.07) is 1.79. The predicted octanol–water partition coefficient (Wildman–Crippen LogP) is 1.10. The second-order valence-corrected chi connectivity index (χ2v) is 5.22. The molecule has 6 heteroatoms. The zero-order chi connectivity index (χ0) is 14.5. The van der Waals surface area contributed by atoms with Gasteiger partial charge in [0.2, 0.25) is 0 Å². The van der Waals surface area contributed by atoms with Gasteiger partial charge in [0.25, 0.3) is 5.91 Å². The van der Waals surface area contributed by atoms with Crippen LogP contribution in [-0.2, 0) is 13.6 Å². The fourth-order valence-corrected chi connectivity index (χ4v) is 2.62. The molecule has 104 valence electrons. The van der Waals surface area contributed by atoms with E-state index in [-0.39, 0.29) is 12.5 Å². The van der Waals surface area contributed by atoms with Crippen molar-refractivity contribution in [1.29, 1.82) is 0 Å². The molecule has 0 spiro atoms. The van der Waals surface area contributed by atoms with Crippen LogP contribution in [0.1, 0.15) is 20.8 Å². The number of aryl methyl sites for hydroxylation is 1. The van der Waals surface area contributed by atoms with Crippen LogP contribution < -0.4 is 0 Å². The maximum absolute atomic E-state index is 12.4. The van der Waals surface area contributed by atoms with Gasteiger partial charge in [0, 0.05) is 38.0 Å². The van der Waals surface area contributed by atoms with Gasteiger partial charge in [0.1, 0.15) is 11.5 Å². The second-order valence-electron chi connectivity index (χ2n) is 4.31. The number of thiophene rings is 1. The average Bonchev–Trinajstić information content (AvgIpc) is 3.04. The van der Waals surface area contributed by atoms with Crippen molar-refractivity contribution in [3.63, 3.8) is 0 Å². The molecule has 0 saturated heterocycles. The van der Waals surface area contributed by atoms with Gasteiger partial charge in [-0.05, 0) is 11.4 Å². The molecule has 0 unspecified atom stereocenters. The minimum Gasteiger partial charge on any atom is -0.384 e. The van der Waals surface area contributed by atoms with Crippen molar-refractivity contribution in [2.24, 2.45) is 7.05 Å². The lowest BCUT2D eigenvalue weighted by Crippen LogP contribution is -2.25. The highest BCUT2D eigenvalue weighted by Gasteiger charge is 2.17. The number of hydrogen-bond donors (Lipinski definition) is 1. The standard InChI is InChI=1S/C14H15N3O2S/c1-16(9-11-8-15-17(2)10-11)14(19)13-12(4-3-6-18)5-7-20-13/h5,7-8,10,18H,6,9H2,1-2H3. The molecule has 0 aromatic carbocycles. The van der Waals surface area contributed by atoms with Crippen LogP contribution in [0.15, 0.2) is 23.8 Å². The number of carbonyl (C=O) groups excluding carboxylic acids is 1. The van der Waals surface area contributed by atoms with Crippen LogP contribution in [0.25, 0.3) is 0 Å². The Morgan fingerprint density at radius 2 is 2.40 bits per heavy atom. The zero-order valence-corrected chi connectivity index (χ0v) is 12.1. The lowest BCUT2D eigenvalue weighted by atomic mass is 10.2. The van der Waals surface area contributed by atoms with Crippen LogP contribution in [0.3, 0.4) is 0 Å². The molecule has 0 fully saturated rings. The van der Waals surface area contributed by atoms with Gasteiger partial charge in [0.05, 0.1) is 6.20 Å². The molecule has 0 bridgehead atoms. The minimum absolute atomic E-state index is 0.0777. The molecule has 0 aliphatic heterocycles. The Kier molecular flexibility index (Phi) is 4.56. The van der Waals surface area contributed by atoms with Crippen LogP contribution in [0, 0.1) is 11.8 Å². The smallest absolute Gasteiger partial charge is 0.265 e. The summed E-state index contributed by atoms with van der Waals surface area (Å²) in [5.74, 6) is 5.28. The maximum Gasteiger partial charge on any atom is 0.265 e. The minimum atomic E-state index is -0.213. The lowest BCUT2D eigenvalue weighted by Gasteiger charge is -2.15. The summed E-state index contributed by atoms with van der Waals surface area (Å²) < 4.78 is 1.71. The molecule has 1 N–H and O–H groups in total. The van der Waals surface area contributed by atoms with E-state index >= 15 is 0 Å². The highest BCUT2D eigenvalue weighted by molar-refractivity contribution is 7.12. The van der Waals surface area contributed by atoms with E-state index in [0.29, 0.717) is 17.0 Å². The number of aliphatic hydroxyl groups excluding tert-OH is 1. The highest BCUT2D eigenvalue weighted by Crippen LogP contribution is 2.18. The average molecular weight is 289 g/mol. The van der Waals surface area contributed by atoms with Crippen LogP contribution in [0.2, 0.25) is 0 Å². The van der Waals surface area contributed by atoms with Crippen molar-refractivity contribution in [2.45, 2.75) is 6.54 Å². The molecule has 0 radical (unpaired) electrons. The number of aromatic nitrogens is 2. The summed E-state index contributed by atoms with van der Waals surface area (Å²) in [6.45, 7) is 0.284. The first-order valence-corrected chi connectivity index (χ1v) is 6.90. The largest absolute Gasteiger partial charge is 0.384 e. The molecule has 0 aliphatic rings. The quantitative estimate of drug-likeness (QED) is 0.861. The molecule has 2 rings (SSSR count). The molecule has 2 aromatic rings. The monoisotopic (exact) mass is 289 g/mol. The third-order valence-electron chi connectivity index (χ3n) is 2.69. The predicted molar refractivity (Wildman–Crippen MR) is 77.3 cm³/mol. The first-order chi connectivity index (χ1) is 9.61. The van der Waals surface area contributed by atoms with Gasteiger partial charge in [-0.15, -0.1) is 11.3 Å². The Bertz CT molecular complexity index is 663. The van der Waals surface area contributed by atoms with E-state index in [2.05, 4.69) is 16.9 Å². The van der Waals surface area contributed by atoms with E-state index in [1.165, 1.54) is 11.3 Å². The van der Waals surface area contributed by atoms with Gasteiger partial charge >= 0.3 is 0 Å². The van der Waals surface area contributed by atoms with E-state index in [0.717, 1.165) is 5.56 Å². The highest BCUT2D eigenvalue weighted by atomic mass is 32.1. The molecule has 5 nitrogen and oxygen atoms in total. The number of hydrogen-bond acceptors (Lipinski definition) is 4. The SMILES string of the molecule is CN(Cc1cnn(C)c1)C(=O)c1sccc1C#CCO. The fourth-order valence-electron chi connectivity index (χ4n) is 1.78. The van der Waals surface area contributed by atoms with Crippen molar-refractivity contribution >= 4 is 17.2 Å². The summed E-state index contributed by atoms with van der Waals surface area (Å²) in [5, 5.41) is 14.6. The van der Waals surface area contributed by atoms with Gasteiger partial charge in [-0.3, -0.25) is 9.48 Å². The number of carbonyl (C=O) groups is 1. The van der Waals surface area contributed by atoms with Crippen LogP contribution in [-0.4, -0.2) is 39.3 Å². The number of amides is 1. The Balaban J connectivity index is 2.12. The molecule has 0 atom stereocenters. The molecule has 0 saturated carbocycles. The van der Waals surface area contributed by atoms with E-state index in [9.17, 15) is 4.79 Å². The first kappa shape index (κ1) is 14.3. The molecule has 2 heterocycles. The normalized spacial score (nSPS) is 9.95. The van der Waals surface area contributed by atoms with Crippen molar-refractivity contribution in [3.05, 3.63) is 39.8 Å². The number of nitrogens with zero attached hydrogens (tertiary/aromatic N) is 3. The Morgan fingerprint density at radius 3 is 3.05 bits per heavy atom. The molecule has 0 aliphatic carbocycles. The Labute approximate surface area is 121 Å². The van der Waals surface area contributed by atoms with E-state index in [4.69, 9.17) is 5.11 Å². The van der Waals surface area contributed by atoms with Crippen molar-refractivity contribution in [1.82, 2.24) is 14.7 Å². The van der Waals surface area contributed by atoms with Crippen molar-refractivity contribution < 1.29 is 9.90 Å². The van der Waals surface area contributed by atoms with Crippen LogP contribution in [0.4, 0.5) is 0 Å². The molecular weight excluding hydrogens is 274 g/mol. The van der Waals surface area contributed by atoms with Gasteiger partial charge in [0.15, 0.2) is 0 Å². The fraction of sp³-hybridized carbons (Fsp3) is 0.286. The van der Waals surface area contributed by atoms with E-state index in [1.807, 2.05) is 18.6 Å². The van der Waals surface area contributed by atoms with Gasteiger partial charge in [-0.25, -0.2) is 0 Å². The number of aliphatic hydroxyl groups is 1. The third-order valence-corrected chi connectivity index (χ3v) is 3.59. The summed E-state index contributed by atoms with van der Waals surface area (Å²) in [6.07, 6.45) is 3.62.